The van der Waals surface area contributed by atoms with Crippen LogP contribution in [0.25, 0.3) is 0 Å². The molecule has 14 heavy (non-hydrogen) atoms. The van der Waals surface area contributed by atoms with Crippen LogP contribution in [0, 0.1) is 6.92 Å². The van der Waals surface area contributed by atoms with E-state index in [1.165, 1.54) is 5.56 Å². The lowest BCUT2D eigenvalue weighted by atomic mass is 10.3. The van der Waals surface area contributed by atoms with E-state index in [9.17, 15) is 8.42 Å². The van der Waals surface area contributed by atoms with Gasteiger partial charge in [-0.2, -0.15) is 8.42 Å². The van der Waals surface area contributed by atoms with Gasteiger partial charge in [0.05, 0.1) is 5.75 Å². The molecule has 0 saturated carbocycles. The molecule has 0 bridgehead atoms. The minimum absolute atomic E-state index is 0.132. The second-order valence-corrected chi connectivity index (χ2v) is 4.39. The minimum atomic E-state index is -3.67. The maximum atomic E-state index is 9.79. The predicted octanol–water partition coefficient (Wildman–Crippen LogP) is 1.67. The molecule has 0 saturated heterocycles. The average Bonchev–Trinajstić information content (AvgIpc) is 2.04. The van der Waals surface area contributed by atoms with Crippen molar-refractivity contribution in [3.8, 4) is 0 Å². The predicted molar refractivity (Wildman–Crippen MR) is 55.7 cm³/mol. The first-order valence-electron chi connectivity index (χ1n) is 4.27. The van der Waals surface area contributed by atoms with Gasteiger partial charge in [0.25, 0.3) is 10.1 Å². The second-order valence-electron chi connectivity index (χ2n) is 2.82. The van der Waals surface area contributed by atoms with Crippen molar-refractivity contribution in [2.75, 3.05) is 5.75 Å². The maximum absolute atomic E-state index is 9.79. The summed E-state index contributed by atoms with van der Waals surface area (Å²) < 4.78 is 27.6. The van der Waals surface area contributed by atoms with Crippen LogP contribution in [0.15, 0.2) is 24.5 Å². The standard InChI is InChI=1S/C6H7N.C3H8O3S/c1-6-3-2-4-7-5-6;1-2-3-7(4,5)6/h2-5H,1H3;2-3H2,1H3,(H,4,5,6). The monoisotopic (exact) mass is 217 g/mol. The fraction of sp³-hybridized carbons (Fsp3) is 0.444. The van der Waals surface area contributed by atoms with Crippen LogP contribution in [0.3, 0.4) is 0 Å². The molecule has 0 aliphatic rings. The van der Waals surface area contributed by atoms with Crippen molar-refractivity contribution < 1.29 is 13.0 Å². The largest absolute Gasteiger partial charge is 0.286 e. The molecule has 0 amide bonds. The molecule has 0 aromatic carbocycles. The van der Waals surface area contributed by atoms with Crippen LogP contribution in [0.4, 0.5) is 0 Å². The summed E-state index contributed by atoms with van der Waals surface area (Å²) in [6.45, 7) is 3.71. The van der Waals surface area contributed by atoms with Gasteiger partial charge in [0, 0.05) is 12.4 Å². The molecule has 0 spiro atoms. The van der Waals surface area contributed by atoms with Crippen molar-refractivity contribution in [2.45, 2.75) is 20.3 Å². The molecule has 0 radical (unpaired) electrons. The third-order valence-electron chi connectivity index (χ3n) is 1.27. The number of rotatable bonds is 2. The fourth-order valence-corrected chi connectivity index (χ4v) is 1.22. The molecule has 0 aliphatic heterocycles. The van der Waals surface area contributed by atoms with E-state index in [1.54, 1.807) is 13.1 Å². The summed E-state index contributed by atoms with van der Waals surface area (Å²) >= 11 is 0. The Bertz CT molecular complexity index is 334. The normalized spacial score (nSPS) is 10.2. The first kappa shape index (κ1) is 13.1. The Hall–Kier alpha value is -0.940. The van der Waals surface area contributed by atoms with Crippen molar-refractivity contribution in [3.63, 3.8) is 0 Å². The number of aryl methyl sites for hydroxylation is 1. The van der Waals surface area contributed by atoms with Gasteiger partial charge in [0.15, 0.2) is 0 Å². The molecule has 1 aromatic heterocycles. The van der Waals surface area contributed by atoms with Gasteiger partial charge in [-0.1, -0.05) is 13.0 Å². The molecule has 0 atom stereocenters. The lowest BCUT2D eigenvalue weighted by Gasteiger charge is -1.85. The van der Waals surface area contributed by atoms with Gasteiger partial charge in [-0.3, -0.25) is 9.54 Å². The highest BCUT2D eigenvalue weighted by atomic mass is 32.2. The van der Waals surface area contributed by atoms with Gasteiger partial charge >= 0.3 is 0 Å². The summed E-state index contributed by atoms with van der Waals surface area (Å²) in [6, 6.07) is 3.95. The zero-order valence-electron chi connectivity index (χ0n) is 8.34. The Morgan fingerprint density at radius 2 is 2.14 bits per heavy atom. The number of hydrogen-bond donors (Lipinski definition) is 1. The molecular formula is C9H15NO3S. The Balaban J connectivity index is 0.000000241. The third-order valence-corrected chi connectivity index (χ3v) is 2.20. The van der Waals surface area contributed by atoms with E-state index in [0.717, 1.165) is 0 Å². The smallest absolute Gasteiger partial charge is 0.264 e. The third kappa shape index (κ3) is 9.15. The van der Waals surface area contributed by atoms with Crippen molar-refractivity contribution in [2.24, 2.45) is 0 Å². The van der Waals surface area contributed by atoms with Crippen LogP contribution in [-0.4, -0.2) is 23.7 Å². The molecule has 1 heterocycles. The van der Waals surface area contributed by atoms with E-state index in [2.05, 4.69) is 4.98 Å². The van der Waals surface area contributed by atoms with Crippen molar-refractivity contribution in [1.29, 1.82) is 0 Å². The molecule has 0 fully saturated rings. The van der Waals surface area contributed by atoms with Gasteiger partial charge in [0.2, 0.25) is 0 Å². The lowest BCUT2D eigenvalue weighted by molar-refractivity contribution is 0.482. The first-order valence-corrected chi connectivity index (χ1v) is 5.88. The van der Waals surface area contributed by atoms with E-state index in [-0.39, 0.29) is 5.75 Å². The van der Waals surface area contributed by atoms with Crippen molar-refractivity contribution >= 4 is 10.1 Å². The van der Waals surface area contributed by atoms with Gasteiger partial charge in [-0.05, 0) is 25.0 Å². The van der Waals surface area contributed by atoms with Crippen molar-refractivity contribution in [1.82, 2.24) is 4.98 Å². The van der Waals surface area contributed by atoms with Crippen LogP contribution in [0.5, 0.6) is 0 Å². The van der Waals surface area contributed by atoms with Crippen LogP contribution >= 0.6 is 0 Å². The van der Waals surface area contributed by atoms with Crippen LogP contribution in [0.2, 0.25) is 0 Å². The maximum Gasteiger partial charge on any atom is 0.264 e. The second kappa shape index (κ2) is 6.50. The zero-order valence-corrected chi connectivity index (χ0v) is 9.16. The van der Waals surface area contributed by atoms with Gasteiger partial charge in [-0.25, -0.2) is 0 Å². The summed E-state index contributed by atoms with van der Waals surface area (Å²) in [5.41, 5.74) is 1.21. The molecule has 1 N–H and O–H groups in total. The molecule has 5 heteroatoms. The average molecular weight is 217 g/mol. The number of pyridine rings is 1. The summed E-state index contributed by atoms with van der Waals surface area (Å²) in [5, 5.41) is 0. The molecule has 80 valence electrons. The number of aromatic nitrogens is 1. The van der Waals surface area contributed by atoms with E-state index in [1.807, 2.05) is 25.3 Å². The Labute approximate surface area is 84.7 Å². The van der Waals surface area contributed by atoms with E-state index < -0.39 is 10.1 Å². The Morgan fingerprint density at radius 3 is 2.29 bits per heavy atom. The highest BCUT2D eigenvalue weighted by molar-refractivity contribution is 7.85. The number of nitrogens with zero attached hydrogens (tertiary/aromatic N) is 1. The van der Waals surface area contributed by atoms with Crippen molar-refractivity contribution in [3.05, 3.63) is 30.1 Å². The molecule has 0 aliphatic carbocycles. The highest BCUT2D eigenvalue weighted by Crippen LogP contribution is 1.88. The summed E-state index contributed by atoms with van der Waals surface area (Å²) in [4.78, 5) is 3.88. The topological polar surface area (TPSA) is 67.3 Å². The van der Waals surface area contributed by atoms with Gasteiger partial charge in [0.1, 0.15) is 0 Å². The Morgan fingerprint density at radius 1 is 1.50 bits per heavy atom. The summed E-state index contributed by atoms with van der Waals surface area (Å²) in [6.07, 6.45) is 4.08. The van der Waals surface area contributed by atoms with E-state index in [0.29, 0.717) is 6.42 Å². The quantitative estimate of drug-likeness (QED) is 0.765. The highest BCUT2D eigenvalue weighted by Gasteiger charge is 1.98. The molecular weight excluding hydrogens is 202 g/mol. The van der Waals surface area contributed by atoms with Crippen LogP contribution < -0.4 is 0 Å². The molecule has 0 unspecified atom stereocenters. The molecule has 1 rings (SSSR count). The number of hydrogen-bond acceptors (Lipinski definition) is 3. The lowest BCUT2D eigenvalue weighted by Crippen LogP contribution is -2.01. The SMILES string of the molecule is CCCS(=O)(=O)O.Cc1cccnc1. The van der Waals surface area contributed by atoms with E-state index in [4.69, 9.17) is 4.55 Å². The molecule has 1 aromatic rings. The van der Waals surface area contributed by atoms with Crippen LogP contribution in [0.1, 0.15) is 18.9 Å². The first-order chi connectivity index (χ1) is 6.45. The Kier molecular flexibility index (Phi) is 6.07. The summed E-state index contributed by atoms with van der Waals surface area (Å²) in [5.74, 6) is -0.132. The van der Waals surface area contributed by atoms with Gasteiger partial charge in [-0.15, -0.1) is 0 Å². The zero-order chi connectivity index (χ0) is 11.0. The van der Waals surface area contributed by atoms with Gasteiger partial charge < -0.3 is 0 Å². The summed E-state index contributed by atoms with van der Waals surface area (Å²) in [7, 11) is -3.67. The van der Waals surface area contributed by atoms with E-state index >= 15 is 0 Å². The molecule has 4 nitrogen and oxygen atoms in total. The fourth-order valence-electron chi connectivity index (χ4n) is 0.706. The van der Waals surface area contributed by atoms with Crippen LogP contribution in [-0.2, 0) is 10.1 Å². The minimum Gasteiger partial charge on any atom is -0.286 e.